The Labute approximate surface area is 86.5 Å². The first-order valence-corrected chi connectivity index (χ1v) is 5.57. The van der Waals surface area contributed by atoms with E-state index in [1.54, 1.807) is 11.1 Å². The number of rotatable bonds is 2. The number of hydrogen-bond acceptors (Lipinski definition) is 2. The van der Waals surface area contributed by atoms with Crippen molar-refractivity contribution in [1.29, 1.82) is 0 Å². The van der Waals surface area contributed by atoms with Crippen LogP contribution in [0.2, 0.25) is 0 Å². The van der Waals surface area contributed by atoms with Crippen LogP contribution in [0.5, 0.6) is 0 Å². The molecular formula is C12H20N2. The molecule has 0 saturated carbocycles. The molecule has 0 fully saturated rings. The van der Waals surface area contributed by atoms with Crippen molar-refractivity contribution < 1.29 is 0 Å². The molecule has 0 aromatic carbocycles. The third kappa shape index (κ3) is 2.11. The molecule has 1 aliphatic carbocycles. The Morgan fingerprint density at radius 2 is 2.21 bits per heavy atom. The van der Waals surface area contributed by atoms with Gasteiger partial charge in [0.15, 0.2) is 0 Å². The van der Waals surface area contributed by atoms with E-state index in [0.717, 1.165) is 12.6 Å². The molecule has 2 rings (SSSR count). The van der Waals surface area contributed by atoms with E-state index >= 15 is 0 Å². The molecular weight excluding hydrogens is 172 g/mol. The second-order valence-electron chi connectivity index (χ2n) is 4.60. The van der Waals surface area contributed by atoms with Crippen LogP contribution in [0.3, 0.4) is 0 Å². The third-order valence-electron chi connectivity index (χ3n) is 3.45. The van der Waals surface area contributed by atoms with Gasteiger partial charge in [0.05, 0.1) is 6.67 Å². The van der Waals surface area contributed by atoms with Crippen LogP contribution in [-0.4, -0.2) is 6.67 Å². The van der Waals surface area contributed by atoms with E-state index in [2.05, 4.69) is 30.7 Å². The molecule has 0 spiro atoms. The van der Waals surface area contributed by atoms with Gasteiger partial charge in [0, 0.05) is 11.9 Å². The molecule has 1 heterocycles. The van der Waals surface area contributed by atoms with Crippen molar-refractivity contribution in [2.75, 3.05) is 6.67 Å². The van der Waals surface area contributed by atoms with Crippen LogP contribution in [-0.2, 0) is 0 Å². The van der Waals surface area contributed by atoms with Gasteiger partial charge in [-0.2, -0.15) is 0 Å². The number of allylic oxidation sites excluding steroid dienone is 3. The minimum Gasteiger partial charge on any atom is -0.372 e. The van der Waals surface area contributed by atoms with Gasteiger partial charge in [0.25, 0.3) is 0 Å². The average Bonchev–Trinajstić information content (AvgIpc) is 2.64. The molecule has 2 nitrogen and oxygen atoms in total. The second kappa shape index (κ2) is 4.07. The highest BCUT2D eigenvalue weighted by atomic mass is 15.1. The Morgan fingerprint density at radius 1 is 1.36 bits per heavy atom. The zero-order chi connectivity index (χ0) is 9.97. The van der Waals surface area contributed by atoms with Crippen molar-refractivity contribution in [1.82, 2.24) is 10.6 Å². The highest BCUT2D eigenvalue weighted by Gasteiger charge is 2.18. The first-order chi connectivity index (χ1) is 6.75. The van der Waals surface area contributed by atoms with E-state index in [1.165, 1.54) is 31.4 Å². The fourth-order valence-electron chi connectivity index (χ4n) is 2.35. The molecule has 78 valence electrons. The van der Waals surface area contributed by atoms with E-state index in [4.69, 9.17) is 0 Å². The Hall–Kier alpha value is -0.920. The fraction of sp³-hybridized carbons (Fsp3) is 0.667. The number of hydrogen-bond donors (Lipinski definition) is 2. The van der Waals surface area contributed by atoms with Crippen molar-refractivity contribution in [3.63, 3.8) is 0 Å². The first kappa shape index (κ1) is 9.63. The molecule has 0 radical (unpaired) electrons. The summed E-state index contributed by atoms with van der Waals surface area (Å²) in [5.74, 6) is 0.859. The van der Waals surface area contributed by atoms with E-state index < -0.39 is 0 Å². The summed E-state index contributed by atoms with van der Waals surface area (Å²) in [6.45, 7) is 5.48. The van der Waals surface area contributed by atoms with Crippen LogP contribution >= 0.6 is 0 Å². The zero-order valence-corrected chi connectivity index (χ0v) is 9.19. The summed E-state index contributed by atoms with van der Waals surface area (Å²) < 4.78 is 0. The van der Waals surface area contributed by atoms with Gasteiger partial charge in [-0.05, 0) is 45.4 Å². The zero-order valence-electron chi connectivity index (χ0n) is 9.19. The maximum absolute atomic E-state index is 3.36. The number of nitrogens with one attached hydrogen (secondary N) is 2. The highest BCUT2D eigenvalue weighted by molar-refractivity contribution is 5.15. The van der Waals surface area contributed by atoms with Crippen LogP contribution in [0.25, 0.3) is 0 Å². The van der Waals surface area contributed by atoms with Crippen LogP contribution in [0.1, 0.15) is 39.5 Å². The van der Waals surface area contributed by atoms with Crippen molar-refractivity contribution in [3.05, 3.63) is 23.0 Å². The van der Waals surface area contributed by atoms with Crippen molar-refractivity contribution in [3.8, 4) is 0 Å². The van der Waals surface area contributed by atoms with Gasteiger partial charge >= 0.3 is 0 Å². The van der Waals surface area contributed by atoms with Crippen molar-refractivity contribution >= 4 is 0 Å². The summed E-state index contributed by atoms with van der Waals surface area (Å²) in [6, 6.07) is 0. The predicted octanol–water partition coefficient (Wildman–Crippen LogP) is 2.50. The first-order valence-electron chi connectivity index (χ1n) is 5.57. The molecule has 2 aliphatic rings. The molecule has 0 aromatic rings. The fourth-order valence-corrected chi connectivity index (χ4v) is 2.35. The second-order valence-corrected chi connectivity index (χ2v) is 4.60. The van der Waals surface area contributed by atoms with Gasteiger partial charge < -0.3 is 10.6 Å². The monoisotopic (exact) mass is 192 g/mol. The molecule has 0 amide bonds. The van der Waals surface area contributed by atoms with E-state index in [9.17, 15) is 0 Å². The predicted molar refractivity (Wildman–Crippen MR) is 59.6 cm³/mol. The lowest BCUT2D eigenvalue weighted by atomic mass is 9.83. The normalized spacial score (nSPS) is 27.0. The molecule has 1 unspecified atom stereocenters. The van der Waals surface area contributed by atoms with E-state index in [0.29, 0.717) is 0 Å². The largest absolute Gasteiger partial charge is 0.372 e. The average molecular weight is 192 g/mol. The Balaban J connectivity index is 1.89. The van der Waals surface area contributed by atoms with Gasteiger partial charge in [-0.3, -0.25) is 0 Å². The summed E-state index contributed by atoms with van der Waals surface area (Å²) >= 11 is 0. The topological polar surface area (TPSA) is 24.1 Å². The van der Waals surface area contributed by atoms with Gasteiger partial charge in [0.1, 0.15) is 0 Å². The summed E-state index contributed by atoms with van der Waals surface area (Å²) in [5, 5.41) is 6.56. The quantitative estimate of drug-likeness (QED) is 0.657. The van der Waals surface area contributed by atoms with E-state index in [-0.39, 0.29) is 0 Å². The highest BCUT2D eigenvalue weighted by Crippen LogP contribution is 2.32. The molecule has 0 aromatic heterocycles. The lowest BCUT2D eigenvalue weighted by Crippen LogP contribution is -2.17. The Morgan fingerprint density at radius 3 is 2.86 bits per heavy atom. The molecule has 0 bridgehead atoms. The summed E-state index contributed by atoms with van der Waals surface area (Å²) in [4.78, 5) is 0. The summed E-state index contributed by atoms with van der Waals surface area (Å²) in [6.07, 6.45) is 7.31. The van der Waals surface area contributed by atoms with Crippen molar-refractivity contribution in [2.45, 2.75) is 39.5 Å². The minimum absolute atomic E-state index is 0.859. The maximum atomic E-state index is 3.36. The smallest absolute Gasteiger partial charge is 0.0843 e. The molecule has 0 saturated heterocycles. The standard InChI is InChI=1S/C12H20N2/c1-9-3-4-11(5-10(9)2)6-12-7-13-8-14-12/h7,11,13-14H,3-6,8H2,1-2H3. The van der Waals surface area contributed by atoms with Gasteiger partial charge in [-0.15, -0.1) is 0 Å². The van der Waals surface area contributed by atoms with Gasteiger partial charge in [-0.25, -0.2) is 0 Å². The van der Waals surface area contributed by atoms with E-state index in [1.807, 2.05) is 0 Å². The van der Waals surface area contributed by atoms with Crippen LogP contribution in [0.15, 0.2) is 23.0 Å². The SMILES string of the molecule is CC1=C(C)CC(CC2=CNCN2)CC1. The molecule has 1 atom stereocenters. The third-order valence-corrected chi connectivity index (χ3v) is 3.45. The van der Waals surface area contributed by atoms with Gasteiger partial charge in [0.2, 0.25) is 0 Å². The van der Waals surface area contributed by atoms with Crippen LogP contribution in [0, 0.1) is 5.92 Å². The van der Waals surface area contributed by atoms with Crippen LogP contribution < -0.4 is 10.6 Å². The lowest BCUT2D eigenvalue weighted by Gasteiger charge is -2.24. The molecule has 2 heteroatoms. The maximum Gasteiger partial charge on any atom is 0.0843 e. The Bertz CT molecular complexity index is 276. The van der Waals surface area contributed by atoms with Gasteiger partial charge in [-0.1, -0.05) is 11.1 Å². The minimum atomic E-state index is 0.859. The molecule has 14 heavy (non-hydrogen) atoms. The summed E-state index contributed by atoms with van der Waals surface area (Å²) in [7, 11) is 0. The molecule has 1 aliphatic heterocycles. The van der Waals surface area contributed by atoms with Crippen LogP contribution in [0.4, 0.5) is 0 Å². The molecule has 2 N–H and O–H groups in total. The summed E-state index contributed by atoms with van der Waals surface area (Å²) in [5.41, 5.74) is 4.63. The van der Waals surface area contributed by atoms with Crippen molar-refractivity contribution in [2.24, 2.45) is 5.92 Å². The Kier molecular flexibility index (Phi) is 2.80. The lowest BCUT2D eigenvalue weighted by molar-refractivity contribution is 0.443.